The predicted octanol–water partition coefficient (Wildman–Crippen LogP) is 5.89. The van der Waals surface area contributed by atoms with Gasteiger partial charge in [0.05, 0.1) is 0 Å². The van der Waals surface area contributed by atoms with Crippen molar-refractivity contribution in [1.29, 1.82) is 0 Å². The van der Waals surface area contributed by atoms with Crippen molar-refractivity contribution in [2.24, 2.45) is 0 Å². The zero-order valence-electron chi connectivity index (χ0n) is 17.8. The van der Waals surface area contributed by atoms with Crippen LogP contribution < -0.4 is 15.4 Å². The van der Waals surface area contributed by atoms with Gasteiger partial charge in [-0.1, -0.05) is 68.3 Å². The molecule has 0 saturated heterocycles. The number of amides is 2. The minimum atomic E-state index is -0.265. The topological polar surface area (TPSA) is 67.4 Å². The Labute approximate surface area is 183 Å². The SMILES string of the molecule is CCCCCC(=O)Nc1cccc(NC(=O)COc2ccc(-c3ccccc3)cc2)c1. The average Bonchev–Trinajstić information content (AvgIpc) is 2.79. The number of rotatable bonds is 10. The second-order valence-electron chi connectivity index (χ2n) is 7.31. The van der Waals surface area contributed by atoms with Crippen molar-refractivity contribution < 1.29 is 14.3 Å². The van der Waals surface area contributed by atoms with Crippen molar-refractivity contribution in [2.45, 2.75) is 32.6 Å². The van der Waals surface area contributed by atoms with Crippen LogP contribution in [0.15, 0.2) is 78.9 Å². The first-order valence-corrected chi connectivity index (χ1v) is 10.6. The van der Waals surface area contributed by atoms with Gasteiger partial charge in [-0.05, 0) is 47.9 Å². The Morgan fingerprint density at radius 2 is 1.39 bits per heavy atom. The third-order valence-electron chi connectivity index (χ3n) is 4.77. The summed E-state index contributed by atoms with van der Waals surface area (Å²) in [4.78, 5) is 24.2. The number of benzene rings is 3. The monoisotopic (exact) mass is 416 g/mol. The van der Waals surface area contributed by atoms with E-state index in [4.69, 9.17) is 4.74 Å². The summed E-state index contributed by atoms with van der Waals surface area (Å²) in [7, 11) is 0. The summed E-state index contributed by atoms with van der Waals surface area (Å²) in [5.41, 5.74) is 3.49. The van der Waals surface area contributed by atoms with E-state index in [0.717, 1.165) is 30.4 Å². The van der Waals surface area contributed by atoms with Gasteiger partial charge in [0.1, 0.15) is 5.75 Å². The molecule has 5 nitrogen and oxygen atoms in total. The van der Waals surface area contributed by atoms with Gasteiger partial charge in [0.15, 0.2) is 6.61 Å². The fourth-order valence-corrected chi connectivity index (χ4v) is 3.15. The van der Waals surface area contributed by atoms with Crippen molar-refractivity contribution >= 4 is 23.2 Å². The minimum absolute atomic E-state index is 0.0146. The van der Waals surface area contributed by atoms with Crippen LogP contribution in [0.4, 0.5) is 11.4 Å². The molecule has 2 amide bonds. The van der Waals surface area contributed by atoms with E-state index in [0.29, 0.717) is 23.5 Å². The number of unbranched alkanes of at least 4 members (excludes halogenated alkanes) is 2. The molecule has 0 spiro atoms. The average molecular weight is 417 g/mol. The summed E-state index contributed by atoms with van der Waals surface area (Å²) in [6, 6.07) is 24.8. The minimum Gasteiger partial charge on any atom is -0.484 e. The quantitative estimate of drug-likeness (QED) is 0.405. The Bertz CT molecular complexity index is 985. The third kappa shape index (κ3) is 7.30. The van der Waals surface area contributed by atoms with Crippen LogP contribution in [0.25, 0.3) is 11.1 Å². The van der Waals surface area contributed by atoms with Crippen LogP contribution in [-0.2, 0) is 9.59 Å². The number of anilines is 2. The van der Waals surface area contributed by atoms with Crippen LogP contribution in [0.1, 0.15) is 32.6 Å². The maximum atomic E-state index is 12.3. The highest BCUT2D eigenvalue weighted by molar-refractivity contribution is 5.94. The fourth-order valence-electron chi connectivity index (χ4n) is 3.15. The van der Waals surface area contributed by atoms with E-state index in [9.17, 15) is 9.59 Å². The van der Waals surface area contributed by atoms with Gasteiger partial charge in [-0.25, -0.2) is 0 Å². The number of carbonyl (C=O) groups is 2. The third-order valence-corrected chi connectivity index (χ3v) is 4.77. The van der Waals surface area contributed by atoms with Gasteiger partial charge in [-0.15, -0.1) is 0 Å². The lowest BCUT2D eigenvalue weighted by Gasteiger charge is -2.10. The van der Waals surface area contributed by atoms with E-state index < -0.39 is 0 Å². The molecule has 0 radical (unpaired) electrons. The summed E-state index contributed by atoms with van der Waals surface area (Å²) in [5, 5.41) is 5.67. The Morgan fingerprint density at radius 1 is 0.742 bits per heavy atom. The molecule has 3 aromatic carbocycles. The molecule has 5 heteroatoms. The first-order valence-electron chi connectivity index (χ1n) is 10.6. The molecule has 0 aromatic heterocycles. The molecule has 160 valence electrons. The van der Waals surface area contributed by atoms with Gasteiger partial charge >= 0.3 is 0 Å². The lowest BCUT2D eigenvalue weighted by Crippen LogP contribution is -2.20. The van der Waals surface area contributed by atoms with E-state index in [1.807, 2.05) is 54.6 Å². The number of hydrogen-bond acceptors (Lipinski definition) is 3. The molecular formula is C26H28N2O3. The standard InChI is InChI=1S/C26H28N2O3/c1-2-3-5-13-25(29)27-22-11-8-12-23(18-22)28-26(30)19-31-24-16-14-21(15-17-24)20-9-6-4-7-10-20/h4,6-12,14-18H,2-3,5,13,19H2,1H3,(H,27,29)(H,28,30). The van der Waals surface area contributed by atoms with Crippen LogP contribution in [-0.4, -0.2) is 18.4 Å². The second kappa shape index (κ2) is 11.6. The van der Waals surface area contributed by atoms with E-state index >= 15 is 0 Å². The lowest BCUT2D eigenvalue weighted by atomic mass is 10.1. The Balaban J connectivity index is 1.48. The summed E-state index contributed by atoms with van der Waals surface area (Å²) in [5.74, 6) is 0.348. The number of nitrogens with one attached hydrogen (secondary N) is 2. The van der Waals surface area contributed by atoms with Crippen LogP contribution >= 0.6 is 0 Å². The van der Waals surface area contributed by atoms with Crippen molar-refractivity contribution in [3.8, 4) is 16.9 Å². The van der Waals surface area contributed by atoms with Crippen LogP contribution in [0.2, 0.25) is 0 Å². The highest BCUT2D eigenvalue weighted by Crippen LogP contribution is 2.22. The molecule has 0 unspecified atom stereocenters. The molecule has 0 bridgehead atoms. The second-order valence-corrected chi connectivity index (χ2v) is 7.31. The molecule has 0 aliphatic carbocycles. The zero-order valence-corrected chi connectivity index (χ0v) is 17.8. The lowest BCUT2D eigenvalue weighted by molar-refractivity contribution is -0.118. The summed E-state index contributed by atoms with van der Waals surface area (Å²) in [6.07, 6.45) is 3.50. The Morgan fingerprint density at radius 3 is 2.06 bits per heavy atom. The molecule has 0 atom stereocenters. The van der Waals surface area contributed by atoms with Crippen molar-refractivity contribution in [3.05, 3.63) is 78.9 Å². The predicted molar refractivity (Wildman–Crippen MR) is 125 cm³/mol. The maximum Gasteiger partial charge on any atom is 0.262 e. The molecule has 31 heavy (non-hydrogen) atoms. The normalized spacial score (nSPS) is 10.4. The summed E-state index contributed by atoms with van der Waals surface area (Å²) in [6.45, 7) is 2.01. The Kier molecular flexibility index (Phi) is 8.23. The van der Waals surface area contributed by atoms with Gasteiger partial charge in [-0.2, -0.15) is 0 Å². The molecule has 3 aromatic rings. The van der Waals surface area contributed by atoms with Crippen molar-refractivity contribution in [2.75, 3.05) is 17.2 Å². The van der Waals surface area contributed by atoms with E-state index in [2.05, 4.69) is 17.6 Å². The van der Waals surface area contributed by atoms with Crippen molar-refractivity contribution in [3.63, 3.8) is 0 Å². The molecule has 0 saturated carbocycles. The smallest absolute Gasteiger partial charge is 0.262 e. The first kappa shape index (κ1) is 22.1. The van der Waals surface area contributed by atoms with E-state index in [-0.39, 0.29) is 18.4 Å². The highest BCUT2D eigenvalue weighted by atomic mass is 16.5. The van der Waals surface area contributed by atoms with Gasteiger partial charge in [0.25, 0.3) is 5.91 Å². The van der Waals surface area contributed by atoms with Crippen molar-refractivity contribution in [1.82, 2.24) is 0 Å². The largest absolute Gasteiger partial charge is 0.484 e. The molecule has 0 fully saturated rings. The molecule has 0 aliphatic rings. The van der Waals surface area contributed by atoms with Crippen LogP contribution in [0.5, 0.6) is 5.75 Å². The van der Waals surface area contributed by atoms with Gasteiger partial charge in [-0.3, -0.25) is 9.59 Å². The highest BCUT2D eigenvalue weighted by Gasteiger charge is 2.07. The Hall–Kier alpha value is -3.60. The molecule has 0 aliphatic heterocycles. The molecular weight excluding hydrogens is 388 g/mol. The van der Waals surface area contributed by atoms with Gasteiger partial charge < -0.3 is 15.4 Å². The molecule has 2 N–H and O–H groups in total. The van der Waals surface area contributed by atoms with Crippen LogP contribution in [0.3, 0.4) is 0 Å². The summed E-state index contributed by atoms with van der Waals surface area (Å²) < 4.78 is 5.60. The molecule has 0 heterocycles. The zero-order chi connectivity index (χ0) is 21.9. The van der Waals surface area contributed by atoms with E-state index in [1.54, 1.807) is 24.3 Å². The first-order chi connectivity index (χ1) is 15.1. The number of ether oxygens (including phenoxy) is 1. The number of hydrogen-bond donors (Lipinski definition) is 2. The van der Waals surface area contributed by atoms with Gasteiger partial charge in [0.2, 0.25) is 5.91 Å². The fraction of sp³-hybridized carbons (Fsp3) is 0.231. The summed E-state index contributed by atoms with van der Waals surface area (Å²) >= 11 is 0. The number of carbonyl (C=O) groups excluding carboxylic acids is 2. The molecule has 3 rings (SSSR count). The van der Waals surface area contributed by atoms with Crippen LogP contribution in [0, 0.1) is 0 Å². The van der Waals surface area contributed by atoms with E-state index in [1.165, 1.54) is 0 Å². The maximum absolute atomic E-state index is 12.3. The van der Waals surface area contributed by atoms with Gasteiger partial charge in [0, 0.05) is 17.8 Å².